The van der Waals surface area contributed by atoms with Gasteiger partial charge in [0.25, 0.3) is 13.4 Å². The molecule has 58 heavy (non-hydrogen) atoms. The second kappa shape index (κ2) is 19.5. The van der Waals surface area contributed by atoms with Crippen molar-refractivity contribution < 1.29 is 57.2 Å². The zero-order chi connectivity index (χ0) is 41.4. The van der Waals surface area contributed by atoms with E-state index in [4.69, 9.17) is 33.9 Å². The summed E-state index contributed by atoms with van der Waals surface area (Å²) in [7, 11) is -2.42. The largest absolute Gasteiger partial charge is 0.756 e. The number of nitrogens with one attached hydrogen (secondary N) is 2. The highest BCUT2D eigenvalue weighted by Crippen LogP contribution is 2.45. The number of phosphoric acid groups is 1. The molecule has 2 fully saturated rings. The van der Waals surface area contributed by atoms with Gasteiger partial charge in [0.2, 0.25) is 5.91 Å². The highest BCUT2D eigenvalue weighted by atomic mass is 31.2. The molecule has 2 aliphatic rings. The van der Waals surface area contributed by atoms with Gasteiger partial charge in [0.1, 0.15) is 54.2 Å². The number of hydrogen-bond acceptors (Lipinski definition) is 20. The Balaban J connectivity index is 0.947. The molecule has 9 atom stereocenters. The van der Waals surface area contributed by atoms with E-state index in [1.54, 1.807) is 10.9 Å². The fourth-order valence-electron chi connectivity index (χ4n) is 6.59. The van der Waals surface area contributed by atoms with Crippen molar-refractivity contribution in [1.82, 2.24) is 49.4 Å². The quantitative estimate of drug-likeness (QED) is 0.0427. The second-order valence-electron chi connectivity index (χ2n) is 13.3. The van der Waals surface area contributed by atoms with Crippen LogP contribution in [0.3, 0.4) is 0 Å². The van der Waals surface area contributed by atoms with E-state index in [0.29, 0.717) is 31.5 Å². The molecule has 0 aromatic carbocycles. The maximum atomic E-state index is 12.5. The molecule has 0 saturated carbocycles. The normalized spacial score (nSPS) is 25.7. The van der Waals surface area contributed by atoms with Crippen molar-refractivity contribution in [2.45, 2.75) is 87.9 Å². The lowest BCUT2D eigenvalue weighted by molar-refractivity contribution is -0.232. The maximum Gasteiger partial charge on any atom is 0.330 e. The zero-order valence-electron chi connectivity index (χ0n) is 31.5. The first kappa shape index (κ1) is 43.1. The molecule has 26 heteroatoms. The number of rotatable bonds is 21. The molecule has 2 aliphatic heterocycles. The summed E-state index contributed by atoms with van der Waals surface area (Å²) in [6, 6.07) is 1.16. The number of aromatic nitrogens is 9. The number of hydrogen-bond donors (Lipinski definition) is 5. The highest BCUT2D eigenvalue weighted by molar-refractivity contribution is 7.45. The Hall–Kier alpha value is -4.53. The lowest BCUT2D eigenvalue weighted by atomic mass is 10.1. The number of imidazole rings is 1. The number of aliphatic hydroxyl groups is 2. The summed E-state index contributed by atoms with van der Waals surface area (Å²) >= 11 is 0. The second-order valence-corrected chi connectivity index (χ2v) is 14.8. The van der Waals surface area contributed by atoms with E-state index >= 15 is 0 Å². The van der Waals surface area contributed by atoms with Crippen LogP contribution in [0, 0.1) is 0 Å². The molecular weight excluding hydrogens is 793 g/mol. The minimum absolute atomic E-state index is 0.0186. The molecule has 6 N–H and O–H groups in total. The molecule has 3 unspecified atom stereocenters. The number of methoxy groups -OCH3 is 1. The number of carbonyl (C=O) groups is 1. The van der Waals surface area contributed by atoms with Crippen molar-refractivity contribution in [1.29, 1.82) is 0 Å². The number of ether oxygens (including phenoxy) is 5. The van der Waals surface area contributed by atoms with E-state index in [2.05, 4.69) is 40.1 Å². The molecule has 6 rings (SSSR count). The standard InChI is InChI=1S/C32H46N11O14P/c1-51-15-20-24(47)26(30(56-20)42-10-7-22(46)38-32(42)48)53-11-8-34-21(45)6-4-3-5-9-41-12-18(39-40-41)14-54-27-25(57-58(49,50)52-2)19(13-44)55-31(27)43-17-37-23-28(33)35-16-36-29(23)43/h7,10,12,16-17,19-20,24-27,30-31,44,47H,3-6,8-9,11,13-15H2,1-2H3,(H,34,45)(H,49,50)(H2,33,35,36)(H,38,46,48)/p-1/t19-,20-,24?,25?,26+,27+,30-,31-/m1/s1. The van der Waals surface area contributed by atoms with Gasteiger partial charge < -0.3 is 58.9 Å². The number of aromatic amines is 1. The molecule has 4 aromatic rings. The lowest BCUT2D eigenvalue weighted by Gasteiger charge is -2.29. The molecule has 4 aromatic heterocycles. The Morgan fingerprint density at radius 3 is 2.62 bits per heavy atom. The number of fused-ring (bicyclic) bond motifs is 1. The van der Waals surface area contributed by atoms with Crippen LogP contribution in [0.2, 0.25) is 0 Å². The number of anilines is 1. The fourth-order valence-corrected chi connectivity index (χ4v) is 7.23. The van der Waals surface area contributed by atoms with Gasteiger partial charge in [0.15, 0.2) is 23.9 Å². The third-order valence-electron chi connectivity index (χ3n) is 9.41. The molecule has 0 spiro atoms. The molecule has 0 radical (unpaired) electrons. The van der Waals surface area contributed by atoms with Crippen molar-refractivity contribution in [2.24, 2.45) is 0 Å². The van der Waals surface area contributed by atoms with Gasteiger partial charge in [-0.05, 0) is 12.8 Å². The number of aryl methyl sites for hydroxylation is 1. The number of nitrogens with zero attached hydrogens (tertiary/aromatic N) is 8. The van der Waals surface area contributed by atoms with Crippen LogP contribution in [0.25, 0.3) is 11.2 Å². The van der Waals surface area contributed by atoms with Crippen LogP contribution in [-0.2, 0) is 55.2 Å². The van der Waals surface area contributed by atoms with Crippen LogP contribution in [-0.4, -0.2) is 137 Å². The van der Waals surface area contributed by atoms with E-state index in [1.165, 1.54) is 30.5 Å². The smallest absolute Gasteiger partial charge is 0.330 e. The molecular formula is C32H45N11O14P-. The van der Waals surface area contributed by atoms with Gasteiger partial charge in [-0.2, -0.15) is 0 Å². The van der Waals surface area contributed by atoms with Gasteiger partial charge in [-0.3, -0.25) is 33.0 Å². The number of phosphoric ester groups is 1. The summed E-state index contributed by atoms with van der Waals surface area (Å²) in [5.74, 6) is -0.0815. The summed E-state index contributed by atoms with van der Waals surface area (Å²) in [5, 5.41) is 31.9. The van der Waals surface area contributed by atoms with E-state index in [1.807, 2.05) is 0 Å². The summed E-state index contributed by atoms with van der Waals surface area (Å²) < 4.78 is 55.2. The lowest BCUT2D eigenvalue weighted by Crippen LogP contribution is -2.40. The predicted molar refractivity (Wildman–Crippen MR) is 193 cm³/mol. The number of nitrogens with two attached hydrogens (primary N) is 1. The van der Waals surface area contributed by atoms with Crippen molar-refractivity contribution in [3.05, 3.63) is 57.6 Å². The van der Waals surface area contributed by atoms with Crippen molar-refractivity contribution >= 4 is 30.7 Å². The van der Waals surface area contributed by atoms with Gasteiger partial charge >= 0.3 is 5.69 Å². The van der Waals surface area contributed by atoms with Crippen LogP contribution in [0.15, 0.2) is 40.7 Å². The van der Waals surface area contributed by atoms with Gasteiger partial charge in [-0.15, -0.1) is 5.10 Å². The van der Waals surface area contributed by atoms with Crippen LogP contribution in [0.5, 0.6) is 0 Å². The number of carbonyl (C=O) groups excluding carboxylic acids is 1. The van der Waals surface area contributed by atoms with E-state index in [0.717, 1.165) is 17.7 Å². The van der Waals surface area contributed by atoms with Crippen molar-refractivity contribution in [3.63, 3.8) is 0 Å². The minimum atomic E-state index is -4.81. The van der Waals surface area contributed by atoms with Crippen LogP contribution >= 0.6 is 7.82 Å². The highest BCUT2D eigenvalue weighted by Gasteiger charge is 2.49. The van der Waals surface area contributed by atoms with Gasteiger partial charge in [0.05, 0.1) is 39.0 Å². The van der Waals surface area contributed by atoms with Crippen molar-refractivity contribution in [2.75, 3.05) is 46.3 Å². The van der Waals surface area contributed by atoms with E-state index in [9.17, 15) is 34.1 Å². The number of H-pyrrole nitrogens is 1. The Morgan fingerprint density at radius 1 is 1.07 bits per heavy atom. The van der Waals surface area contributed by atoms with Crippen LogP contribution in [0.4, 0.5) is 5.82 Å². The van der Waals surface area contributed by atoms with Gasteiger partial charge in [-0.25, -0.2) is 19.7 Å². The molecule has 2 saturated heterocycles. The monoisotopic (exact) mass is 838 g/mol. The molecule has 6 heterocycles. The molecule has 318 valence electrons. The Kier molecular flexibility index (Phi) is 14.5. The van der Waals surface area contributed by atoms with E-state index in [-0.39, 0.29) is 55.7 Å². The SMILES string of the molecule is COC[C@H]1O[C@@H](n2ccc(=O)[nH]c2=O)[C@@H](OCCNC(=O)CCCCCn2cc(CO[C@H]3C(OP(=O)([O-])OC)[C@@H](CO)O[C@H]3n3cnc4c(N)ncnc43)nn2)C1O. The Morgan fingerprint density at radius 2 is 1.86 bits per heavy atom. The molecule has 0 aliphatic carbocycles. The van der Waals surface area contributed by atoms with E-state index < -0.39 is 74.8 Å². The average molecular weight is 839 g/mol. The number of nitrogen functional groups attached to an aromatic ring is 1. The maximum absolute atomic E-state index is 12.5. The number of aliphatic hydroxyl groups excluding tert-OH is 2. The summed E-state index contributed by atoms with van der Waals surface area (Å²) in [4.78, 5) is 63.2. The first-order chi connectivity index (χ1) is 27.9. The molecule has 25 nitrogen and oxygen atoms in total. The topological polar surface area (TPSA) is 329 Å². The molecule has 0 bridgehead atoms. The Bertz CT molecular complexity index is 2150. The average Bonchev–Trinajstić information content (AvgIpc) is 3.98. The van der Waals surface area contributed by atoms with Gasteiger partial charge in [-0.1, -0.05) is 11.6 Å². The van der Waals surface area contributed by atoms with Crippen LogP contribution in [0.1, 0.15) is 43.8 Å². The zero-order valence-corrected chi connectivity index (χ0v) is 32.4. The Labute approximate surface area is 329 Å². The fraction of sp³-hybridized carbons (Fsp3) is 0.625. The van der Waals surface area contributed by atoms with Gasteiger partial charge in [0, 0.05) is 46.0 Å². The van der Waals surface area contributed by atoms with Crippen molar-refractivity contribution in [3.8, 4) is 0 Å². The molecule has 1 amide bonds. The third-order valence-corrected chi connectivity index (χ3v) is 10.4. The summed E-state index contributed by atoms with van der Waals surface area (Å²) in [6.07, 6.45) is -0.833. The summed E-state index contributed by atoms with van der Waals surface area (Å²) in [6.45, 7) is -0.0588. The third kappa shape index (κ3) is 10.2. The minimum Gasteiger partial charge on any atom is -0.756 e. The predicted octanol–water partition coefficient (Wildman–Crippen LogP) is -2.51. The van der Waals surface area contributed by atoms with Crippen LogP contribution < -0.4 is 27.2 Å². The summed E-state index contributed by atoms with van der Waals surface area (Å²) in [5.41, 5.74) is 5.61. The number of amides is 1. The first-order valence-corrected chi connectivity index (χ1v) is 19.7. The number of unbranched alkanes of at least 4 members (excludes halogenated alkanes) is 2. The first-order valence-electron chi connectivity index (χ1n) is 18.2.